The van der Waals surface area contributed by atoms with Crippen molar-refractivity contribution in [1.29, 1.82) is 0 Å². The Morgan fingerprint density at radius 1 is 0.882 bits per heavy atom. The van der Waals surface area contributed by atoms with Crippen LogP contribution < -0.4 is 19.1 Å². The lowest BCUT2D eigenvalue weighted by molar-refractivity contribution is -0.0692. The molecule has 0 aliphatic rings. The van der Waals surface area contributed by atoms with E-state index in [4.69, 9.17) is 9.84 Å². The van der Waals surface area contributed by atoms with Crippen LogP contribution in [0.5, 0.6) is 17.2 Å². The van der Waals surface area contributed by atoms with Crippen molar-refractivity contribution in [3.63, 3.8) is 0 Å². The standard InChI is InChI=1S/C23H22F4N2O5/c24-22(25)33-20-7-6-17(10-21(20)34-23(26)27)29(12-15-3-2-8-28-11-15)16-4-1-5-19(9-16)32-14-18(31)13-30/h1-11,18,22-23,30-31H,12-14H2. The van der Waals surface area contributed by atoms with E-state index in [0.717, 1.165) is 11.6 Å². The minimum atomic E-state index is -3.25. The van der Waals surface area contributed by atoms with Gasteiger partial charge in [-0.15, -0.1) is 0 Å². The van der Waals surface area contributed by atoms with Gasteiger partial charge in [-0.3, -0.25) is 4.98 Å². The second-order valence-corrected chi connectivity index (χ2v) is 6.98. The van der Waals surface area contributed by atoms with Crippen LogP contribution in [0.25, 0.3) is 0 Å². The summed E-state index contributed by atoms with van der Waals surface area (Å²) in [6, 6.07) is 13.9. The first-order valence-corrected chi connectivity index (χ1v) is 10.1. The van der Waals surface area contributed by atoms with Crippen molar-refractivity contribution < 1.29 is 42.0 Å². The topological polar surface area (TPSA) is 84.3 Å². The number of hydrogen-bond acceptors (Lipinski definition) is 7. The van der Waals surface area contributed by atoms with E-state index >= 15 is 0 Å². The highest BCUT2D eigenvalue weighted by Crippen LogP contribution is 2.38. The average Bonchev–Trinajstić information content (AvgIpc) is 2.82. The molecule has 1 heterocycles. The van der Waals surface area contributed by atoms with Crippen molar-refractivity contribution in [2.24, 2.45) is 0 Å². The first-order chi connectivity index (χ1) is 16.4. The summed E-state index contributed by atoms with van der Waals surface area (Å²) in [5.74, 6) is -0.708. The maximum atomic E-state index is 12.9. The quantitative estimate of drug-likeness (QED) is 0.371. The van der Waals surface area contributed by atoms with E-state index in [1.165, 1.54) is 12.1 Å². The fraction of sp³-hybridized carbons (Fsp3) is 0.261. The Labute approximate surface area is 192 Å². The van der Waals surface area contributed by atoms with Gasteiger partial charge < -0.3 is 29.3 Å². The van der Waals surface area contributed by atoms with Gasteiger partial charge >= 0.3 is 13.2 Å². The first-order valence-electron chi connectivity index (χ1n) is 10.1. The van der Waals surface area contributed by atoms with Crippen LogP contribution in [0.4, 0.5) is 28.9 Å². The highest BCUT2D eigenvalue weighted by molar-refractivity contribution is 5.67. The molecule has 3 aromatic rings. The highest BCUT2D eigenvalue weighted by atomic mass is 19.3. The SMILES string of the molecule is OCC(O)COc1cccc(N(Cc2cccnc2)c2ccc(OC(F)F)c(OC(F)F)c2)c1. The Morgan fingerprint density at radius 2 is 1.62 bits per heavy atom. The van der Waals surface area contributed by atoms with Crippen LogP contribution in [0.15, 0.2) is 67.0 Å². The smallest absolute Gasteiger partial charge is 0.387 e. The number of benzene rings is 2. The van der Waals surface area contributed by atoms with Crippen molar-refractivity contribution >= 4 is 11.4 Å². The van der Waals surface area contributed by atoms with Crippen LogP contribution in [0.2, 0.25) is 0 Å². The van der Waals surface area contributed by atoms with Gasteiger partial charge in [-0.1, -0.05) is 12.1 Å². The molecule has 2 N–H and O–H groups in total. The molecule has 0 saturated carbocycles. The fourth-order valence-corrected chi connectivity index (χ4v) is 3.04. The average molecular weight is 482 g/mol. The number of halogens is 4. The Hall–Kier alpha value is -3.57. The minimum absolute atomic E-state index is 0.144. The van der Waals surface area contributed by atoms with Crippen LogP contribution in [-0.4, -0.2) is 47.7 Å². The summed E-state index contributed by atoms with van der Waals surface area (Å²) >= 11 is 0. The molecule has 182 valence electrons. The molecule has 0 aliphatic carbocycles. The number of pyridine rings is 1. The van der Waals surface area contributed by atoms with Gasteiger partial charge in [0.25, 0.3) is 0 Å². The van der Waals surface area contributed by atoms with Crippen LogP contribution in [0.1, 0.15) is 5.56 Å². The van der Waals surface area contributed by atoms with Gasteiger partial charge in [0.05, 0.1) is 6.61 Å². The normalized spacial score (nSPS) is 12.0. The van der Waals surface area contributed by atoms with Crippen molar-refractivity contribution in [2.75, 3.05) is 18.1 Å². The molecule has 2 aromatic carbocycles. The van der Waals surface area contributed by atoms with Gasteiger partial charge in [-0.2, -0.15) is 17.6 Å². The van der Waals surface area contributed by atoms with Gasteiger partial charge in [0.1, 0.15) is 18.5 Å². The Bertz CT molecular complexity index is 1040. The monoisotopic (exact) mass is 482 g/mol. The van der Waals surface area contributed by atoms with E-state index < -0.39 is 37.4 Å². The van der Waals surface area contributed by atoms with Gasteiger partial charge in [0.2, 0.25) is 0 Å². The lowest BCUT2D eigenvalue weighted by Crippen LogP contribution is -2.21. The van der Waals surface area contributed by atoms with E-state index in [2.05, 4.69) is 14.5 Å². The van der Waals surface area contributed by atoms with Crippen LogP contribution in [0.3, 0.4) is 0 Å². The molecule has 3 rings (SSSR count). The summed E-state index contributed by atoms with van der Waals surface area (Å²) in [6.45, 7) is -6.85. The molecule has 0 amide bonds. The van der Waals surface area contributed by atoms with Crippen LogP contribution in [0, 0.1) is 0 Å². The van der Waals surface area contributed by atoms with Crippen LogP contribution in [-0.2, 0) is 6.54 Å². The third-order valence-electron chi connectivity index (χ3n) is 4.52. The summed E-state index contributed by atoms with van der Waals surface area (Å²) in [7, 11) is 0. The number of nitrogens with zero attached hydrogens (tertiary/aromatic N) is 2. The molecule has 7 nitrogen and oxygen atoms in total. The number of alkyl halides is 4. The van der Waals surface area contributed by atoms with E-state index in [0.29, 0.717) is 17.1 Å². The number of aromatic nitrogens is 1. The molecule has 0 fully saturated rings. The molecule has 0 spiro atoms. The second-order valence-electron chi connectivity index (χ2n) is 6.98. The van der Waals surface area contributed by atoms with Crippen molar-refractivity contribution in [2.45, 2.75) is 25.9 Å². The fourth-order valence-electron chi connectivity index (χ4n) is 3.04. The summed E-state index contributed by atoms with van der Waals surface area (Å²) in [6.07, 6.45) is 2.15. The van der Waals surface area contributed by atoms with Crippen molar-refractivity contribution in [3.8, 4) is 17.2 Å². The Balaban J connectivity index is 2.00. The minimum Gasteiger partial charge on any atom is -0.491 e. The zero-order valence-electron chi connectivity index (χ0n) is 17.7. The lowest BCUT2D eigenvalue weighted by atomic mass is 10.1. The molecular formula is C23H22F4N2O5. The number of rotatable bonds is 12. The van der Waals surface area contributed by atoms with E-state index in [1.54, 1.807) is 47.6 Å². The van der Waals surface area contributed by atoms with Crippen molar-refractivity contribution in [3.05, 3.63) is 72.6 Å². The molecule has 1 atom stereocenters. The molecule has 34 heavy (non-hydrogen) atoms. The van der Waals surface area contributed by atoms with Gasteiger partial charge in [-0.25, -0.2) is 0 Å². The first kappa shape index (κ1) is 25.1. The van der Waals surface area contributed by atoms with Crippen LogP contribution >= 0.6 is 0 Å². The number of anilines is 2. The summed E-state index contributed by atoms with van der Waals surface area (Å²) < 4.78 is 65.5. The third-order valence-corrected chi connectivity index (χ3v) is 4.52. The zero-order valence-corrected chi connectivity index (χ0v) is 17.7. The molecular weight excluding hydrogens is 460 g/mol. The summed E-state index contributed by atoms with van der Waals surface area (Å²) in [5, 5.41) is 18.5. The third kappa shape index (κ3) is 7.22. The molecule has 11 heteroatoms. The Kier molecular flexibility index (Phi) is 8.88. The number of aliphatic hydroxyl groups is 2. The van der Waals surface area contributed by atoms with E-state index in [9.17, 15) is 22.7 Å². The van der Waals surface area contributed by atoms with Gasteiger partial charge in [0.15, 0.2) is 11.5 Å². The Morgan fingerprint density at radius 3 is 2.29 bits per heavy atom. The maximum absolute atomic E-state index is 12.9. The predicted molar refractivity (Wildman–Crippen MR) is 115 cm³/mol. The largest absolute Gasteiger partial charge is 0.491 e. The number of hydrogen-bond donors (Lipinski definition) is 2. The van der Waals surface area contributed by atoms with E-state index in [-0.39, 0.29) is 13.2 Å². The molecule has 1 aromatic heterocycles. The predicted octanol–water partition coefficient (Wildman–Crippen LogP) is 4.35. The van der Waals surface area contributed by atoms with Crippen molar-refractivity contribution in [1.82, 2.24) is 4.98 Å². The molecule has 1 unspecified atom stereocenters. The molecule has 0 radical (unpaired) electrons. The maximum Gasteiger partial charge on any atom is 0.387 e. The second kappa shape index (κ2) is 12.1. The number of aliphatic hydroxyl groups excluding tert-OH is 2. The molecule has 0 aliphatic heterocycles. The van der Waals surface area contributed by atoms with Gasteiger partial charge in [0, 0.05) is 42.4 Å². The molecule has 0 saturated heterocycles. The van der Waals surface area contributed by atoms with E-state index in [1.807, 2.05) is 6.07 Å². The number of ether oxygens (including phenoxy) is 3. The molecule has 0 bridgehead atoms. The highest BCUT2D eigenvalue weighted by Gasteiger charge is 2.19. The zero-order chi connectivity index (χ0) is 24.5. The van der Waals surface area contributed by atoms with Gasteiger partial charge in [-0.05, 0) is 35.9 Å². The lowest BCUT2D eigenvalue weighted by Gasteiger charge is -2.26. The summed E-state index contributed by atoms with van der Waals surface area (Å²) in [4.78, 5) is 5.78. The summed E-state index contributed by atoms with van der Waals surface area (Å²) in [5.41, 5.74) is 1.67.